The first-order valence-corrected chi connectivity index (χ1v) is 34.1. The highest BCUT2D eigenvalue weighted by Crippen LogP contribution is 2.39. The minimum Gasteiger partial charge on any atom is -0.477 e. The number of carbonyl (C=O) groups excluding carboxylic acids is 2. The van der Waals surface area contributed by atoms with Crippen LogP contribution >= 0.6 is 0 Å². The number of nitrogens with one attached hydrogen (secondary N) is 2. The number of allylic oxidation sites excluding steroid dienone is 1. The van der Waals surface area contributed by atoms with Crippen LogP contribution < -0.4 is 10.6 Å². The number of hydrogen-bond acceptors (Lipinski definition) is 20. The van der Waals surface area contributed by atoms with Crippen molar-refractivity contribution < 1.29 is 104 Å². The molecular weight excluding hydrogens is 1140 g/mol. The second kappa shape index (κ2) is 46.5. The fraction of sp³-hybridized carbons (Fsp3) is 0.923. The zero-order valence-electron chi connectivity index (χ0n) is 53.6. The van der Waals surface area contributed by atoms with Gasteiger partial charge >= 0.3 is 5.97 Å². The molecule has 23 nitrogen and oxygen atoms in total. The predicted molar refractivity (Wildman–Crippen MR) is 329 cm³/mol. The first kappa shape index (κ1) is 79.7. The van der Waals surface area contributed by atoms with Gasteiger partial charge in [-0.1, -0.05) is 219 Å². The average molecular weight is 1270 g/mol. The van der Waals surface area contributed by atoms with Crippen LogP contribution in [0.2, 0.25) is 0 Å². The lowest BCUT2D eigenvalue weighted by Crippen LogP contribution is -2.70. The van der Waals surface area contributed by atoms with Crippen molar-refractivity contribution in [2.75, 3.05) is 26.4 Å². The van der Waals surface area contributed by atoms with Crippen molar-refractivity contribution in [1.29, 1.82) is 0 Å². The number of rotatable bonds is 51. The molecule has 3 fully saturated rings. The number of amides is 2. The van der Waals surface area contributed by atoms with E-state index in [0.29, 0.717) is 12.8 Å². The van der Waals surface area contributed by atoms with Crippen LogP contribution in [0, 0.1) is 0 Å². The molecule has 0 aromatic carbocycles. The van der Waals surface area contributed by atoms with Crippen molar-refractivity contribution in [3.05, 3.63) is 12.2 Å². The van der Waals surface area contributed by atoms with Gasteiger partial charge in [-0.2, -0.15) is 0 Å². The molecule has 14 N–H and O–H groups in total. The van der Waals surface area contributed by atoms with Gasteiger partial charge in [-0.15, -0.1) is 0 Å². The largest absolute Gasteiger partial charge is 0.477 e. The zero-order chi connectivity index (χ0) is 64.7. The Balaban J connectivity index is 1.53. The van der Waals surface area contributed by atoms with Gasteiger partial charge in [0, 0.05) is 19.8 Å². The Labute approximate surface area is 524 Å². The summed E-state index contributed by atoms with van der Waals surface area (Å²) in [7, 11) is 0. The Bertz CT molecular complexity index is 1840. The topological polar surface area (TPSA) is 373 Å². The van der Waals surface area contributed by atoms with E-state index in [0.717, 1.165) is 64.7 Å². The maximum atomic E-state index is 13.4. The molecule has 3 rings (SSSR count). The Morgan fingerprint density at radius 1 is 0.591 bits per heavy atom. The van der Waals surface area contributed by atoms with Crippen molar-refractivity contribution in [3.63, 3.8) is 0 Å². The number of unbranched alkanes of at least 4 members (excludes halogenated alkanes) is 31. The average Bonchev–Trinajstić information content (AvgIpc) is 0.826. The maximum Gasteiger partial charge on any atom is 0.364 e. The summed E-state index contributed by atoms with van der Waals surface area (Å²) < 4.78 is 34.7. The van der Waals surface area contributed by atoms with E-state index in [1.54, 1.807) is 6.08 Å². The minimum atomic E-state index is -3.08. The van der Waals surface area contributed by atoms with Gasteiger partial charge in [-0.3, -0.25) is 9.59 Å². The molecule has 3 heterocycles. The summed E-state index contributed by atoms with van der Waals surface area (Å²) in [5.74, 6) is -6.14. The summed E-state index contributed by atoms with van der Waals surface area (Å²) in [6.45, 7) is 2.10. The number of hydrogen-bond donors (Lipinski definition) is 14. The second-order valence-corrected chi connectivity index (χ2v) is 25.0. The van der Waals surface area contributed by atoms with Crippen LogP contribution in [0.5, 0.6) is 0 Å². The second-order valence-electron chi connectivity index (χ2n) is 25.0. The summed E-state index contributed by atoms with van der Waals surface area (Å²) in [5, 5.41) is 135. The lowest BCUT2D eigenvalue weighted by molar-refractivity contribution is -0.386. The van der Waals surface area contributed by atoms with Gasteiger partial charge in [0.1, 0.15) is 67.1 Å². The van der Waals surface area contributed by atoms with Gasteiger partial charge in [0.15, 0.2) is 12.6 Å². The standard InChI is InChI=1S/C65H120N2O21/c1-4-6-8-10-12-14-15-16-17-18-19-20-21-22-23-24-25-26-27-28-29-31-33-35-37-39-52(75)67-46(47(72)38-36-34-32-30-13-11-9-7-5-2)44-83-62-57(79)56(78)59(51(43-70)85-62)86-63-58(80)61(55(77)50(42-69)84-63)88-65(64(81)82)40-48(73)53(66-45(3)71)60(87-65)54(76)49(74)41-68/h36,38,46-51,53-63,68-70,72-74,76-80H,4-35,37,39-44H2,1-3H3,(H,66,71)(H,67,75)(H,81,82)/b38-36+. The molecule has 18 unspecified atom stereocenters. The highest BCUT2D eigenvalue weighted by atomic mass is 16.8. The van der Waals surface area contributed by atoms with Crippen molar-refractivity contribution in [1.82, 2.24) is 10.6 Å². The summed E-state index contributed by atoms with van der Waals surface area (Å²) in [6.07, 6.45) is 14.5. The number of aliphatic carboxylic acids is 1. The van der Waals surface area contributed by atoms with E-state index in [9.17, 15) is 75.7 Å². The molecule has 2 amide bonds. The van der Waals surface area contributed by atoms with Crippen molar-refractivity contribution >= 4 is 17.8 Å². The smallest absolute Gasteiger partial charge is 0.364 e. The molecule has 3 saturated heterocycles. The van der Waals surface area contributed by atoms with Gasteiger partial charge in [-0.05, 0) is 19.3 Å². The minimum absolute atomic E-state index is 0.204. The fourth-order valence-electron chi connectivity index (χ4n) is 12.0. The van der Waals surface area contributed by atoms with E-state index in [1.165, 1.54) is 141 Å². The number of carboxylic acid groups (broad SMARTS) is 1. The van der Waals surface area contributed by atoms with E-state index in [1.807, 2.05) is 6.08 Å². The normalized spacial score (nSPS) is 29.0. The van der Waals surface area contributed by atoms with Crippen molar-refractivity contribution in [2.45, 2.75) is 355 Å². The quantitative estimate of drug-likeness (QED) is 0.0264. The van der Waals surface area contributed by atoms with Crippen LogP contribution in [0.1, 0.15) is 245 Å². The molecule has 88 heavy (non-hydrogen) atoms. The number of carboxylic acids is 1. The van der Waals surface area contributed by atoms with Gasteiger partial charge in [0.2, 0.25) is 11.8 Å². The van der Waals surface area contributed by atoms with Gasteiger partial charge in [0.25, 0.3) is 5.79 Å². The molecule has 18 atom stereocenters. The number of aliphatic hydroxyl groups excluding tert-OH is 11. The van der Waals surface area contributed by atoms with Crippen molar-refractivity contribution in [2.24, 2.45) is 0 Å². The molecule has 0 bridgehead atoms. The van der Waals surface area contributed by atoms with Crippen LogP contribution in [0.25, 0.3) is 0 Å². The highest BCUT2D eigenvalue weighted by molar-refractivity contribution is 5.77. The van der Waals surface area contributed by atoms with Gasteiger partial charge in [0.05, 0.1) is 50.7 Å². The number of carbonyl (C=O) groups is 3. The molecular formula is C65H120N2O21. The van der Waals surface area contributed by atoms with Crippen LogP contribution in [-0.2, 0) is 42.8 Å². The Kier molecular flexibility index (Phi) is 42.1. The SMILES string of the molecule is CCCCCCCCC/C=C/C(O)C(COC1OC(CO)C(OC2OC(CO)C(O)C(OC3(C(=O)O)CC(O)C(NC(C)=O)C(C(O)C(O)CO)O3)C2O)C(O)C1O)NC(=O)CCCCCCCCCCCCCCCCCCCCCCCCCCC. The third-order valence-corrected chi connectivity index (χ3v) is 17.5. The third-order valence-electron chi connectivity index (χ3n) is 17.5. The Hall–Kier alpha value is -2.53. The molecule has 0 radical (unpaired) electrons. The van der Waals surface area contributed by atoms with E-state index >= 15 is 0 Å². The van der Waals surface area contributed by atoms with E-state index in [-0.39, 0.29) is 12.3 Å². The van der Waals surface area contributed by atoms with E-state index < -0.39 is 155 Å². The van der Waals surface area contributed by atoms with E-state index in [2.05, 4.69) is 24.5 Å². The number of aliphatic hydroxyl groups is 11. The Morgan fingerprint density at radius 2 is 1.06 bits per heavy atom. The number of ether oxygens (including phenoxy) is 6. The maximum absolute atomic E-state index is 13.4. The first-order chi connectivity index (χ1) is 42.4. The predicted octanol–water partition coefficient (Wildman–Crippen LogP) is 5.51. The summed E-state index contributed by atoms with van der Waals surface area (Å²) >= 11 is 0. The fourth-order valence-corrected chi connectivity index (χ4v) is 12.0. The molecule has 516 valence electrons. The molecule has 3 aliphatic heterocycles. The molecule has 23 heteroatoms. The lowest BCUT2D eigenvalue weighted by Gasteiger charge is -2.50. The molecule has 0 aliphatic carbocycles. The molecule has 0 spiro atoms. The zero-order valence-corrected chi connectivity index (χ0v) is 53.6. The monoisotopic (exact) mass is 1260 g/mol. The highest BCUT2D eigenvalue weighted by Gasteiger charge is 2.60. The molecule has 0 aromatic heterocycles. The summed E-state index contributed by atoms with van der Waals surface area (Å²) in [6, 6.07) is -2.61. The van der Waals surface area contributed by atoms with Crippen LogP contribution in [0.4, 0.5) is 0 Å². The first-order valence-electron chi connectivity index (χ1n) is 34.1. The lowest BCUT2D eigenvalue weighted by atomic mass is 9.88. The van der Waals surface area contributed by atoms with Crippen molar-refractivity contribution in [3.8, 4) is 0 Å². The van der Waals surface area contributed by atoms with Crippen LogP contribution in [0.15, 0.2) is 12.2 Å². The Morgan fingerprint density at radius 3 is 1.51 bits per heavy atom. The summed E-state index contributed by atoms with van der Waals surface area (Å²) in [4.78, 5) is 38.4. The molecule has 3 aliphatic rings. The molecule has 0 aromatic rings. The van der Waals surface area contributed by atoms with Gasteiger partial charge in [-0.25, -0.2) is 4.79 Å². The van der Waals surface area contributed by atoms with Crippen LogP contribution in [0.3, 0.4) is 0 Å². The molecule has 0 saturated carbocycles. The third kappa shape index (κ3) is 29.2. The van der Waals surface area contributed by atoms with Gasteiger partial charge < -0.3 is 100 Å². The summed E-state index contributed by atoms with van der Waals surface area (Å²) in [5.41, 5.74) is 0. The van der Waals surface area contributed by atoms with E-state index in [4.69, 9.17) is 28.4 Å². The van der Waals surface area contributed by atoms with Crippen LogP contribution in [-0.4, -0.2) is 215 Å².